The standard InChI is InChI=1S/C21H22BrN5O2S/c22-16-3-1-15(2-4-16)17-13-30-20-18(17)19(23-14-24-20)25-5-7-26(8-6-25)21(28)27-9-11-29-12-10-27/h1-4,13-14H,5-12H2. The molecular formula is C21H22BrN5O2S. The topological polar surface area (TPSA) is 61.8 Å². The van der Waals surface area contributed by atoms with Gasteiger partial charge in [0, 0.05) is 54.7 Å². The van der Waals surface area contributed by atoms with Crippen LogP contribution in [0.1, 0.15) is 0 Å². The molecule has 0 N–H and O–H groups in total. The Morgan fingerprint density at radius 3 is 2.40 bits per heavy atom. The Bertz CT molecular complexity index is 1040. The van der Waals surface area contributed by atoms with E-state index < -0.39 is 0 Å². The van der Waals surface area contributed by atoms with Crippen molar-refractivity contribution in [2.75, 3.05) is 57.4 Å². The van der Waals surface area contributed by atoms with Crippen LogP contribution in [0.3, 0.4) is 0 Å². The lowest BCUT2D eigenvalue weighted by Crippen LogP contribution is -2.55. The molecule has 0 radical (unpaired) electrons. The summed E-state index contributed by atoms with van der Waals surface area (Å²) in [7, 11) is 0. The number of piperazine rings is 1. The Morgan fingerprint density at radius 1 is 0.967 bits per heavy atom. The molecule has 0 unspecified atom stereocenters. The van der Waals surface area contributed by atoms with Crippen LogP contribution in [-0.4, -0.2) is 78.3 Å². The summed E-state index contributed by atoms with van der Waals surface area (Å²) in [5, 5.41) is 3.25. The SMILES string of the molecule is O=C(N1CCOCC1)N1CCN(c2ncnc3scc(-c4ccc(Br)cc4)c23)CC1. The van der Waals surface area contributed by atoms with E-state index in [4.69, 9.17) is 4.74 Å². The van der Waals surface area contributed by atoms with Crippen LogP contribution in [0.4, 0.5) is 10.6 Å². The lowest BCUT2D eigenvalue weighted by molar-refractivity contribution is 0.0428. The zero-order chi connectivity index (χ0) is 20.5. The first-order valence-electron chi connectivity index (χ1n) is 10.1. The number of thiophene rings is 1. The highest BCUT2D eigenvalue weighted by atomic mass is 79.9. The molecule has 156 valence electrons. The number of anilines is 1. The van der Waals surface area contributed by atoms with Crippen LogP contribution in [0, 0.1) is 0 Å². The van der Waals surface area contributed by atoms with E-state index >= 15 is 0 Å². The lowest BCUT2D eigenvalue weighted by Gasteiger charge is -2.39. The predicted octanol–water partition coefficient (Wildman–Crippen LogP) is 3.70. The molecule has 2 aliphatic heterocycles. The zero-order valence-corrected chi connectivity index (χ0v) is 18.9. The fourth-order valence-corrected chi connectivity index (χ4v) is 5.18. The van der Waals surface area contributed by atoms with Gasteiger partial charge in [0.1, 0.15) is 17.0 Å². The Kier molecular flexibility index (Phi) is 5.58. The molecule has 7 nitrogen and oxygen atoms in total. The maximum atomic E-state index is 12.8. The van der Waals surface area contributed by atoms with Gasteiger partial charge >= 0.3 is 6.03 Å². The van der Waals surface area contributed by atoms with Crippen LogP contribution < -0.4 is 4.90 Å². The normalized spacial score (nSPS) is 17.6. The number of amides is 2. The predicted molar refractivity (Wildman–Crippen MR) is 122 cm³/mol. The number of hydrogen-bond acceptors (Lipinski definition) is 6. The number of morpholine rings is 1. The van der Waals surface area contributed by atoms with Crippen LogP contribution in [0.15, 0.2) is 40.4 Å². The number of benzene rings is 1. The third kappa shape index (κ3) is 3.77. The molecule has 3 aromatic rings. The average molecular weight is 488 g/mol. The molecule has 2 aliphatic rings. The number of hydrogen-bond donors (Lipinski definition) is 0. The summed E-state index contributed by atoms with van der Waals surface area (Å²) in [5.41, 5.74) is 2.31. The summed E-state index contributed by atoms with van der Waals surface area (Å²) in [5.74, 6) is 0.956. The Labute approximate surface area is 187 Å². The molecule has 9 heteroatoms. The van der Waals surface area contributed by atoms with Gasteiger partial charge in [0.2, 0.25) is 0 Å². The van der Waals surface area contributed by atoms with Gasteiger partial charge in [0.05, 0.1) is 18.6 Å². The number of carbonyl (C=O) groups is 1. The molecule has 4 heterocycles. The fraction of sp³-hybridized carbons (Fsp3) is 0.381. The third-order valence-corrected chi connectivity index (χ3v) is 7.05. The molecule has 30 heavy (non-hydrogen) atoms. The Hall–Kier alpha value is -2.23. The van der Waals surface area contributed by atoms with Gasteiger partial charge in [-0.3, -0.25) is 0 Å². The summed E-state index contributed by atoms with van der Waals surface area (Å²) >= 11 is 5.15. The number of urea groups is 1. The molecule has 0 spiro atoms. The quantitative estimate of drug-likeness (QED) is 0.551. The summed E-state index contributed by atoms with van der Waals surface area (Å²) in [6, 6.07) is 8.45. The van der Waals surface area contributed by atoms with Crippen molar-refractivity contribution in [2.45, 2.75) is 0 Å². The van der Waals surface area contributed by atoms with Crippen LogP contribution >= 0.6 is 27.3 Å². The minimum atomic E-state index is 0.122. The van der Waals surface area contributed by atoms with E-state index in [0.29, 0.717) is 39.4 Å². The minimum absolute atomic E-state index is 0.122. The fourth-order valence-electron chi connectivity index (χ4n) is 4.01. The molecule has 2 aromatic heterocycles. The first-order chi connectivity index (χ1) is 14.7. The van der Waals surface area contributed by atoms with Gasteiger partial charge < -0.3 is 19.4 Å². The monoisotopic (exact) mass is 487 g/mol. The van der Waals surface area contributed by atoms with E-state index in [9.17, 15) is 4.79 Å². The zero-order valence-electron chi connectivity index (χ0n) is 16.5. The summed E-state index contributed by atoms with van der Waals surface area (Å²) in [4.78, 5) is 29.0. The molecule has 2 saturated heterocycles. The van der Waals surface area contributed by atoms with E-state index in [0.717, 1.165) is 44.7 Å². The van der Waals surface area contributed by atoms with Gasteiger partial charge in [0.25, 0.3) is 0 Å². The molecule has 0 atom stereocenters. The number of aromatic nitrogens is 2. The molecule has 1 aromatic carbocycles. The van der Waals surface area contributed by atoms with Crippen LogP contribution in [0.5, 0.6) is 0 Å². The highest BCUT2D eigenvalue weighted by Gasteiger charge is 2.28. The van der Waals surface area contributed by atoms with Crippen molar-refractivity contribution in [3.63, 3.8) is 0 Å². The molecule has 0 bridgehead atoms. The Balaban J connectivity index is 1.37. The van der Waals surface area contributed by atoms with Gasteiger partial charge in [-0.15, -0.1) is 11.3 Å². The summed E-state index contributed by atoms with van der Waals surface area (Å²) < 4.78 is 6.42. The number of carbonyl (C=O) groups excluding carboxylic acids is 1. The largest absolute Gasteiger partial charge is 0.378 e. The van der Waals surface area contributed by atoms with Crippen molar-refractivity contribution in [1.29, 1.82) is 0 Å². The maximum Gasteiger partial charge on any atom is 0.320 e. The molecule has 2 fully saturated rings. The maximum absolute atomic E-state index is 12.8. The first kappa shape index (κ1) is 19.7. The van der Waals surface area contributed by atoms with Gasteiger partial charge in [-0.1, -0.05) is 28.1 Å². The van der Waals surface area contributed by atoms with Crippen LogP contribution in [-0.2, 0) is 4.74 Å². The van der Waals surface area contributed by atoms with Crippen molar-refractivity contribution in [2.24, 2.45) is 0 Å². The smallest absolute Gasteiger partial charge is 0.320 e. The van der Waals surface area contributed by atoms with Gasteiger partial charge in [-0.05, 0) is 17.7 Å². The highest BCUT2D eigenvalue weighted by molar-refractivity contribution is 9.10. The van der Waals surface area contributed by atoms with Crippen LogP contribution in [0.25, 0.3) is 21.3 Å². The second-order valence-electron chi connectivity index (χ2n) is 7.39. The van der Waals surface area contributed by atoms with E-state index in [-0.39, 0.29) is 6.03 Å². The van der Waals surface area contributed by atoms with E-state index in [1.807, 2.05) is 9.80 Å². The second kappa shape index (κ2) is 8.49. The van der Waals surface area contributed by atoms with Gasteiger partial charge in [0.15, 0.2) is 0 Å². The number of nitrogens with zero attached hydrogens (tertiary/aromatic N) is 5. The van der Waals surface area contributed by atoms with E-state index in [1.165, 1.54) is 0 Å². The number of halogens is 1. The van der Waals surface area contributed by atoms with E-state index in [1.54, 1.807) is 17.7 Å². The molecular weight excluding hydrogens is 466 g/mol. The van der Waals surface area contributed by atoms with Crippen molar-refractivity contribution in [1.82, 2.24) is 19.8 Å². The number of ether oxygens (including phenoxy) is 1. The molecule has 2 amide bonds. The highest BCUT2D eigenvalue weighted by Crippen LogP contribution is 2.38. The number of rotatable bonds is 2. The Morgan fingerprint density at radius 2 is 1.67 bits per heavy atom. The lowest BCUT2D eigenvalue weighted by atomic mass is 10.1. The third-order valence-electron chi connectivity index (χ3n) is 5.64. The molecule has 0 saturated carbocycles. The van der Waals surface area contributed by atoms with Crippen molar-refractivity contribution in [3.8, 4) is 11.1 Å². The average Bonchev–Trinajstić information content (AvgIpc) is 3.24. The van der Waals surface area contributed by atoms with Crippen LogP contribution in [0.2, 0.25) is 0 Å². The molecule has 0 aliphatic carbocycles. The van der Waals surface area contributed by atoms with E-state index in [2.05, 4.69) is 60.4 Å². The van der Waals surface area contributed by atoms with Crippen molar-refractivity contribution in [3.05, 3.63) is 40.4 Å². The second-order valence-corrected chi connectivity index (χ2v) is 9.16. The van der Waals surface area contributed by atoms with Crippen molar-refractivity contribution >= 4 is 49.3 Å². The van der Waals surface area contributed by atoms with Gasteiger partial charge in [-0.25, -0.2) is 14.8 Å². The number of fused-ring (bicyclic) bond motifs is 1. The van der Waals surface area contributed by atoms with Crippen molar-refractivity contribution < 1.29 is 9.53 Å². The summed E-state index contributed by atoms with van der Waals surface area (Å²) in [6.45, 7) is 5.52. The molecule has 5 rings (SSSR count). The van der Waals surface area contributed by atoms with Gasteiger partial charge in [-0.2, -0.15) is 0 Å². The summed E-state index contributed by atoms with van der Waals surface area (Å²) in [6.07, 6.45) is 1.64. The minimum Gasteiger partial charge on any atom is -0.378 e. The first-order valence-corrected chi connectivity index (χ1v) is 11.7.